The summed E-state index contributed by atoms with van der Waals surface area (Å²) in [7, 11) is 3.28. The molecule has 11 nitrogen and oxygen atoms in total. The number of amides is 1. The third-order valence-electron chi connectivity index (χ3n) is 6.10. The Morgan fingerprint density at radius 3 is 2.70 bits per heavy atom. The van der Waals surface area contributed by atoms with E-state index >= 15 is 0 Å². The number of hydrogen-bond acceptors (Lipinski definition) is 9. The van der Waals surface area contributed by atoms with Crippen molar-refractivity contribution in [1.29, 1.82) is 0 Å². The average Bonchev–Trinajstić information content (AvgIpc) is 3.48. The summed E-state index contributed by atoms with van der Waals surface area (Å²) < 4.78 is 18.1. The monoisotopic (exact) mass is 506 g/mol. The summed E-state index contributed by atoms with van der Waals surface area (Å²) in [5.74, 6) is 1.13. The van der Waals surface area contributed by atoms with E-state index in [1.54, 1.807) is 18.2 Å². The molecule has 0 saturated carbocycles. The molecule has 0 unspecified atom stereocenters. The van der Waals surface area contributed by atoms with Gasteiger partial charge in [-0.05, 0) is 45.4 Å². The van der Waals surface area contributed by atoms with Crippen LogP contribution in [0.4, 0.5) is 11.5 Å². The lowest BCUT2D eigenvalue weighted by Gasteiger charge is -2.20. The number of rotatable bonds is 9. The predicted molar refractivity (Wildman–Crippen MR) is 138 cm³/mol. The molecule has 0 radical (unpaired) electrons. The number of benzene rings is 1. The topological polar surface area (TPSA) is 147 Å². The van der Waals surface area contributed by atoms with E-state index in [0.717, 1.165) is 11.3 Å². The van der Waals surface area contributed by atoms with Gasteiger partial charge >= 0.3 is 5.97 Å². The number of nitrogen functional groups attached to an aromatic ring is 1. The Morgan fingerprint density at radius 1 is 1.22 bits per heavy atom. The summed E-state index contributed by atoms with van der Waals surface area (Å²) in [6.07, 6.45) is 3.96. The van der Waals surface area contributed by atoms with Gasteiger partial charge in [0.2, 0.25) is 5.89 Å². The van der Waals surface area contributed by atoms with Crippen LogP contribution in [-0.2, 0) is 23.0 Å². The zero-order valence-electron chi connectivity index (χ0n) is 21.5. The molecule has 1 aromatic carbocycles. The minimum atomic E-state index is -0.638. The summed E-state index contributed by atoms with van der Waals surface area (Å²) >= 11 is 0. The number of carbonyl (C=O) groups is 2. The molecule has 3 heterocycles. The number of nitrogens with two attached hydrogens (primary N) is 1. The van der Waals surface area contributed by atoms with Crippen LogP contribution >= 0.6 is 0 Å². The number of hydrogen-bond donors (Lipinski definition) is 2. The maximum absolute atomic E-state index is 13.0. The molecule has 37 heavy (non-hydrogen) atoms. The number of ether oxygens (including phenoxy) is 2. The third kappa shape index (κ3) is 5.40. The Kier molecular flexibility index (Phi) is 7.14. The number of imidazole rings is 1. The highest BCUT2D eigenvalue weighted by molar-refractivity contribution is 6.05. The average molecular weight is 507 g/mol. The molecule has 4 aromatic rings. The van der Waals surface area contributed by atoms with Crippen molar-refractivity contribution in [3.63, 3.8) is 0 Å². The van der Waals surface area contributed by atoms with Crippen molar-refractivity contribution in [2.24, 2.45) is 12.5 Å². The van der Waals surface area contributed by atoms with Crippen LogP contribution in [0.1, 0.15) is 43.5 Å². The highest BCUT2D eigenvalue weighted by atomic mass is 16.5. The molecule has 0 fully saturated rings. The molecule has 3 aromatic heterocycles. The largest absolute Gasteiger partial charge is 0.492 e. The maximum Gasteiger partial charge on any atom is 0.311 e. The molecule has 4 rings (SSSR count). The van der Waals surface area contributed by atoms with E-state index in [1.165, 1.54) is 19.6 Å². The van der Waals surface area contributed by atoms with Gasteiger partial charge < -0.3 is 29.5 Å². The summed E-state index contributed by atoms with van der Waals surface area (Å²) in [6, 6.07) is 6.90. The van der Waals surface area contributed by atoms with Crippen molar-refractivity contribution in [1.82, 2.24) is 19.5 Å². The van der Waals surface area contributed by atoms with E-state index < -0.39 is 11.3 Å². The molecular formula is C26H30N6O5. The van der Waals surface area contributed by atoms with E-state index in [9.17, 15) is 9.59 Å². The van der Waals surface area contributed by atoms with Crippen LogP contribution in [0.25, 0.3) is 22.5 Å². The second-order valence-corrected chi connectivity index (χ2v) is 9.19. The number of nitrogens with one attached hydrogen (secondary N) is 1. The highest BCUT2D eigenvalue weighted by Crippen LogP contribution is 2.32. The Balaban J connectivity index is 1.60. The van der Waals surface area contributed by atoms with Crippen molar-refractivity contribution in [3.8, 4) is 17.2 Å². The van der Waals surface area contributed by atoms with Crippen molar-refractivity contribution >= 4 is 34.4 Å². The van der Waals surface area contributed by atoms with Crippen LogP contribution in [-0.4, -0.2) is 45.1 Å². The zero-order chi connectivity index (χ0) is 26.7. The Morgan fingerprint density at radius 2 is 2.00 bits per heavy atom. The molecule has 0 saturated heterocycles. The summed E-state index contributed by atoms with van der Waals surface area (Å²) in [4.78, 5) is 38.1. The molecule has 1 amide bonds. The number of fused-ring (bicyclic) bond motifs is 1. The SMILES string of the molecule is CCOc1cc2nc(CCC(C)(C)C(=O)OC)n(C)c2cc1NC(=O)c1coc(-c2ccnc(N)c2)n1. The normalized spacial score (nSPS) is 11.5. The van der Waals surface area contributed by atoms with E-state index in [2.05, 4.69) is 15.3 Å². The second-order valence-electron chi connectivity index (χ2n) is 9.19. The van der Waals surface area contributed by atoms with Gasteiger partial charge in [0.05, 0.1) is 35.9 Å². The van der Waals surface area contributed by atoms with Crippen LogP contribution in [0.5, 0.6) is 5.75 Å². The van der Waals surface area contributed by atoms with E-state index in [0.29, 0.717) is 47.8 Å². The highest BCUT2D eigenvalue weighted by Gasteiger charge is 2.29. The third-order valence-corrected chi connectivity index (χ3v) is 6.10. The quantitative estimate of drug-likeness (QED) is 0.322. The predicted octanol–water partition coefficient (Wildman–Crippen LogP) is 3.99. The lowest BCUT2D eigenvalue weighted by molar-refractivity contribution is -0.151. The first-order chi connectivity index (χ1) is 17.6. The van der Waals surface area contributed by atoms with Crippen molar-refractivity contribution in [2.75, 3.05) is 24.8 Å². The zero-order valence-corrected chi connectivity index (χ0v) is 21.5. The number of aryl methyl sites for hydroxylation is 2. The smallest absolute Gasteiger partial charge is 0.311 e. The maximum atomic E-state index is 13.0. The van der Waals surface area contributed by atoms with Crippen molar-refractivity contribution in [3.05, 3.63) is 48.2 Å². The summed E-state index contributed by atoms with van der Waals surface area (Å²) in [6.45, 7) is 5.96. The molecule has 3 N–H and O–H groups in total. The number of anilines is 2. The lowest BCUT2D eigenvalue weighted by Crippen LogP contribution is -2.26. The minimum absolute atomic E-state index is 0.101. The fraction of sp³-hybridized carbons (Fsp3) is 0.346. The van der Waals surface area contributed by atoms with Gasteiger partial charge in [-0.3, -0.25) is 9.59 Å². The van der Waals surface area contributed by atoms with Gasteiger partial charge in [0, 0.05) is 31.3 Å². The van der Waals surface area contributed by atoms with E-state index in [1.807, 2.05) is 38.5 Å². The van der Waals surface area contributed by atoms with Crippen LogP contribution in [0, 0.1) is 5.41 Å². The van der Waals surface area contributed by atoms with Crippen LogP contribution in [0.2, 0.25) is 0 Å². The van der Waals surface area contributed by atoms with E-state index in [4.69, 9.17) is 24.6 Å². The molecule has 0 atom stereocenters. The van der Waals surface area contributed by atoms with Gasteiger partial charge in [0.15, 0.2) is 5.69 Å². The number of methoxy groups -OCH3 is 1. The molecule has 0 spiro atoms. The number of aromatic nitrogens is 4. The van der Waals surface area contributed by atoms with Crippen LogP contribution in [0.15, 0.2) is 41.1 Å². The van der Waals surface area contributed by atoms with Gasteiger partial charge in [-0.25, -0.2) is 15.0 Å². The molecule has 194 valence electrons. The van der Waals surface area contributed by atoms with Gasteiger partial charge in [-0.15, -0.1) is 0 Å². The Labute approximate surface area is 214 Å². The van der Waals surface area contributed by atoms with Crippen LogP contribution < -0.4 is 15.8 Å². The number of esters is 1. The first kappa shape index (κ1) is 25.7. The van der Waals surface area contributed by atoms with Gasteiger partial charge in [0.1, 0.15) is 23.7 Å². The Bertz CT molecular complexity index is 1460. The molecule has 0 aliphatic rings. The molecule has 11 heteroatoms. The summed E-state index contributed by atoms with van der Waals surface area (Å²) in [5.41, 5.74) is 7.80. The second kappa shape index (κ2) is 10.3. The van der Waals surface area contributed by atoms with Gasteiger partial charge in [-0.1, -0.05) is 0 Å². The number of carbonyl (C=O) groups excluding carboxylic acids is 2. The van der Waals surface area contributed by atoms with Crippen molar-refractivity contribution in [2.45, 2.75) is 33.6 Å². The van der Waals surface area contributed by atoms with Gasteiger partial charge in [-0.2, -0.15) is 0 Å². The number of pyridine rings is 1. The molecule has 0 aliphatic heterocycles. The minimum Gasteiger partial charge on any atom is -0.492 e. The van der Waals surface area contributed by atoms with Crippen molar-refractivity contribution < 1.29 is 23.5 Å². The Hall–Kier alpha value is -4.41. The molecule has 0 bridgehead atoms. The fourth-order valence-electron chi connectivity index (χ4n) is 3.95. The van der Waals surface area contributed by atoms with Gasteiger partial charge in [0.25, 0.3) is 5.91 Å². The number of oxazole rings is 1. The number of nitrogens with zero attached hydrogens (tertiary/aromatic N) is 4. The summed E-state index contributed by atoms with van der Waals surface area (Å²) in [5, 5.41) is 2.87. The first-order valence-corrected chi connectivity index (χ1v) is 11.8. The fourth-order valence-corrected chi connectivity index (χ4v) is 3.95. The molecule has 0 aliphatic carbocycles. The lowest BCUT2D eigenvalue weighted by atomic mass is 9.88. The molecular weight excluding hydrogens is 476 g/mol. The standard InChI is InChI=1S/C26H30N6O5/c1-6-36-20-13-16-19(32(4)22(29-16)7-9-26(2,3)25(34)35-5)12-17(20)30-23(33)18-14-37-24(31-18)15-8-10-28-21(27)11-15/h8,10-14H,6-7,9H2,1-5H3,(H2,27,28)(H,30,33). The van der Waals surface area contributed by atoms with E-state index in [-0.39, 0.29) is 17.6 Å². The first-order valence-electron chi connectivity index (χ1n) is 11.8. The van der Waals surface area contributed by atoms with Crippen LogP contribution in [0.3, 0.4) is 0 Å².